The number of rotatable bonds is 3. The number of ketones is 1. The highest BCUT2D eigenvalue weighted by atomic mass is 19.2. The average Bonchev–Trinajstić information content (AvgIpc) is 2.25. The summed E-state index contributed by atoms with van der Waals surface area (Å²) in [6, 6.07) is 3.08. The lowest BCUT2D eigenvalue weighted by atomic mass is 10.0. The maximum Gasteiger partial charge on any atom is 0.173 e. The van der Waals surface area contributed by atoms with E-state index in [4.69, 9.17) is 0 Å². The van der Waals surface area contributed by atoms with Crippen LogP contribution in [0.15, 0.2) is 30.3 Å². The maximum absolute atomic E-state index is 13.4. The average molecular weight is 286 g/mol. The van der Waals surface area contributed by atoms with E-state index in [1.807, 2.05) is 0 Å². The molecule has 6 heteroatoms. The van der Waals surface area contributed by atoms with Crippen molar-refractivity contribution < 1.29 is 26.7 Å². The lowest BCUT2D eigenvalue weighted by molar-refractivity contribution is 0.0984. The number of carbonyl (C=O) groups excluding carboxylic acids is 1. The van der Waals surface area contributed by atoms with Crippen LogP contribution in [0.25, 0.3) is 0 Å². The van der Waals surface area contributed by atoms with Crippen LogP contribution < -0.4 is 0 Å². The molecule has 2 aromatic rings. The maximum atomic E-state index is 13.4. The molecular weight excluding hydrogens is 279 g/mol. The van der Waals surface area contributed by atoms with Crippen molar-refractivity contribution in [3.8, 4) is 0 Å². The molecule has 0 aliphatic carbocycles. The van der Waals surface area contributed by atoms with Crippen molar-refractivity contribution in [1.82, 2.24) is 0 Å². The van der Waals surface area contributed by atoms with E-state index in [-0.39, 0.29) is 5.56 Å². The molecule has 0 saturated carbocycles. The Balaban J connectivity index is 2.33. The van der Waals surface area contributed by atoms with Gasteiger partial charge in [-0.3, -0.25) is 4.79 Å². The summed E-state index contributed by atoms with van der Waals surface area (Å²) in [6.45, 7) is 0. The Labute approximate surface area is 110 Å². The van der Waals surface area contributed by atoms with Gasteiger partial charge in [-0.25, -0.2) is 22.0 Å². The summed E-state index contributed by atoms with van der Waals surface area (Å²) in [5.41, 5.74) is -1.01. The van der Waals surface area contributed by atoms with Crippen LogP contribution in [0.4, 0.5) is 22.0 Å². The summed E-state index contributed by atoms with van der Waals surface area (Å²) in [7, 11) is 0. The molecule has 0 spiro atoms. The molecule has 0 saturated heterocycles. The minimum absolute atomic E-state index is 0.0735. The molecule has 0 radical (unpaired) electrons. The highest BCUT2D eigenvalue weighted by Crippen LogP contribution is 2.18. The zero-order valence-electron chi connectivity index (χ0n) is 9.89. The highest BCUT2D eigenvalue weighted by Gasteiger charge is 2.19. The van der Waals surface area contributed by atoms with Gasteiger partial charge in [-0.2, -0.15) is 0 Å². The molecule has 0 N–H and O–H groups in total. The number of benzene rings is 2. The van der Waals surface area contributed by atoms with Crippen molar-refractivity contribution in [3.63, 3.8) is 0 Å². The number of carbonyl (C=O) groups is 1. The van der Waals surface area contributed by atoms with E-state index in [0.29, 0.717) is 18.2 Å². The molecular formula is C14H7F5O. The smallest absolute Gasteiger partial charge is 0.173 e. The van der Waals surface area contributed by atoms with Crippen LogP contribution >= 0.6 is 0 Å². The number of Topliss-reactive ketones (excluding diaryl/α,β-unsaturated/α-hetero) is 1. The zero-order chi connectivity index (χ0) is 14.9. The van der Waals surface area contributed by atoms with Crippen LogP contribution in [0.2, 0.25) is 0 Å². The molecule has 20 heavy (non-hydrogen) atoms. The van der Waals surface area contributed by atoms with E-state index in [1.165, 1.54) is 0 Å². The molecule has 0 heterocycles. The fraction of sp³-hybridized carbons (Fsp3) is 0.0714. The van der Waals surface area contributed by atoms with Crippen LogP contribution in [0.5, 0.6) is 0 Å². The topological polar surface area (TPSA) is 17.1 Å². The molecule has 104 valence electrons. The van der Waals surface area contributed by atoms with Gasteiger partial charge in [-0.05, 0) is 17.7 Å². The molecule has 1 nitrogen and oxygen atoms in total. The van der Waals surface area contributed by atoms with E-state index in [2.05, 4.69) is 0 Å². The largest absolute Gasteiger partial charge is 0.294 e. The third kappa shape index (κ3) is 3.01. The van der Waals surface area contributed by atoms with Crippen LogP contribution in [0.1, 0.15) is 15.9 Å². The second-order valence-corrected chi connectivity index (χ2v) is 4.12. The summed E-state index contributed by atoms with van der Waals surface area (Å²) in [4.78, 5) is 11.7. The lowest BCUT2D eigenvalue weighted by Gasteiger charge is -2.05. The molecule has 0 aliphatic heterocycles. The Kier molecular flexibility index (Phi) is 3.83. The Morgan fingerprint density at radius 3 is 1.70 bits per heavy atom. The molecule has 0 atom stereocenters. The Morgan fingerprint density at radius 2 is 1.20 bits per heavy atom. The van der Waals surface area contributed by atoms with Crippen molar-refractivity contribution >= 4 is 5.78 Å². The van der Waals surface area contributed by atoms with E-state index in [9.17, 15) is 26.7 Å². The van der Waals surface area contributed by atoms with Crippen molar-refractivity contribution in [3.05, 3.63) is 70.5 Å². The second-order valence-electron chi connectivity index (χ2n) is 4.12. The highest BCUT2D eigenvalue weighted by molar-refractivity contribution is 5.98. The molecule has 0 unspecified atom stereocenters. The van der Waals surface area contributed by atoms with Crippen molar-refractivity contribution in [1.29, 1.82) is 0 Å². The van der Waals surface area contributed by atoms with Gasteiger partial charge in [0, 0.05) is 24.6 Å². The van der Waals surface area contributed by atoms with Crippen LogP contribution in [-0.2, 0) is 6.42 Å². The fourth-order valence-electron chi connectivity index (χ4n) is 1.80. The first-order valence-corrected chi connectivity index (χ1v) is 5.49. The van der Waals surface area contributed by atoms with Crippen LogP contribution in [-0.4, -0.2) is 5.78 Å². The zero-order valence-corrected chi connectivity index (χ0v) is 9.89. The van der Waals surface area contributed by atoms with Gasteiger partial charge in [0.2, 0.25) is 0 Å². The third-order valence-corrected chi connectivity index (χ3v) is 2.57. The van der Waals surface area contributed by atoms with Gasteiger partial charge in [0.1, 0.15) is 29.1 Å². The molecule has 0 amide bonds. The predicted molar refractivity (Wildman–Crippen MR) is 60.7 cm³/mol. The minimum Gasteiger partial charge on any atom is -0.294 e. The number of halogens is 5. The Bertz CT molecular complexity index is 638. The van der Waals surface area contributed by atoms with Gasteiger partial charge in [-0.15, -0.1) is 0 Å². The Morgan fingerprint density at radius 1 is 0.750 bits per heavy atom. The van der Waals surface area contributed by atoms with Gasteiger partial charge in [0.25, 0.3) is 0 Å². The SMILES string of the molecule is O=C(Cc1cc(F)cc(F)c1)c1c(F)cc(F)cc1F. The molecule has 2 rings (SSSR count). The monoisotopic (exact) mass is 286 g/mol. The van der Waals surface area contributed by atoms with E-state index >= 15 is 0 Å². The van der Waals surface area contributed by atoms with Crippen molar-refractivity contribution in [2.45, 2.75) is 6.42 Å². The first-order valence-electron chi connectivity index (χ1n) is 5.49. The summed E-state index contributed by atoms with van der Waals surface area (Å²) in [5, 5.41) is 0. The van der Waals surface area contributed by atoms with Crippen molar-refractivity contribution in [2.24, 2.45) is 0 Å². The summed E-state index contributed by atoms with van der Waals surface area (Å²) in [6.07, 6.45) is -0.603. The summed E-state index contributed by atoms with van der Waals surface area (Å²) in [5.74, 6) is -6.73. The van der Waals surface area contributed by atoms with Gasteiger partial charge >= 0.3 is 0 Å². The molecule has 0 bridgehead atoms. The minimum atomic E-state index is -1.36. The number of hydrogen-bond acceptors (Lipinski definition) is 1. The van der Waals surface area contributed by atoms with E-state index in [1.54, 1.807) is 0 Å². The third-order valence-electron chi connectivity index (χ3n) is 2.57. The number of hydrogen-bond donors (Lipinski definition) is 0. The van der Waals surface area contributed by atoms with E-state index in [0.717, 1.165) is 12.1 Å². The first kappa shape index (κ1) is 14.2. The summed E-state index contributed by atoms with van der Waals surface area (Å²) < 4.78 is 65.3. The quantitative estimate of drug-likeness (QED) is 0.619. The molecule has 2 aromatic carbocycles. The van der Waals surface area contributed by atoms with Gasteiger partial charge < -0.3 is 0 Å². The first-order chi connectivity index (χ1) is 9.36. The molecule has 0 fully saturated rings. The standard InChI is InChI=1S/C14H7F5O/c15-8-1-7(2-9(16)4-8)3-13(20)14-11(18)5-10(17)6-12(14)19/h1-2,4-6H,3H2. The van der Waals surface area contributed by atoms with Crippen molar-refractivity contribution in [2.75, 3.05) is 0 Å². The molecule has 0 aliphatic rings. The van der Waals surface area contributed by atoms with Gasteiger partial charge in [0.15, 0.2) is 5.78 Å². The summed E-state index contributed by atoms with van der Waals surface area (Å²) >= 11 is 0. The lowest BCUT2D eigenvalue weighted by Crippen LogP contribution is -2.10. The normalized spacial score (nSPS) is 10.7. The Hall–Kier alpha value is -2.24. The molecule has 0 aromatic heterocycles. The van der Waals surface area contributed by atoms with Gasteiger partial charge in [0.05, 0.1) is 5.56 Å². The van der Waals surface area contributed by atoms with E-state index < -0.39 is 46.9 Å². The fourth-order valence-corrected chi connectivity index (χ4v) is 1.80. The predicted octanol–water partition coefficient (Wildman–Crippen LogP) is 3.81. The second kappa shape index (κ2) is 5.40. The van der Waals surface area contributed by atoms with Crippen LogP contribution in [0.3, 0.4) is 0 Å². The van der Waals surface area contributed by atoms with Crippen LogP contribution in [0, 0.1) is 29.1 Å². The van der Waals surface area contributed by atoms with Gasteiger partial charge in [-0.1, -0.05) is 0 Å².